The van der Waals surface area contributed by atoms with Crippen LogP contribution in [0, 0.1) is 5.82 Å². The molecule has 0 bridgehead atoms. The highest BCUT2D eigenvalue weighted by Crippen LogP contribution is 2.29. The minimum atomic E-state index is -4.50. The Bertz CT molecular complexity index is 1270. The van der Waals surface area contributed by atoms with Gasteiger partial charge in [-0.15, -0.1) is 0 Å². The minimum Gasteiger partial charge on any atom is -0.343 e. The number of halogens is 5. The lowest BCUT2D eigenvalue weighted by molar-refractivity contribution is -0.123. The Balaban J connectivity index is 1.62. The van der Waals surface area contributed by atoms with Crippen molar-refractivity contribution in [2.24, 2.45) is 0 Å². The Morgan fingerprint density at radius 2 is 1.81 bits per heavy atom. The molecule has 0 fully saturated rings. The maximum atomic E-state index is 14.4. The third kappa shape index (κ3) is 4.62. The van der Waals surface area contributed by atoms with Gasteiger partial charge in [0.1, 0.15) is 12.4 Å². The molecule has 1 amide bonds. The zero-order valence-electron chi connectivity index (χ0n) is 16.0. The van der Waals surface area contributed by atoms with Gasteiger partial charge in [-0.2, -0.15) is 27.8 Å². The van der Waals surface area contributed by atoms with E-state index in [1.54, 1.807) is 11.4 Å². The predicted octanol–water partition coefficient (Wildman–Crippen LogP) is 4.62. The Hall–Kier alpha value is -3.73. The smallest absolute Gasteiger partial charge is 0.343 e. The Kier molecular flexibility index (Phi) is 5.66. The number of aromatic nitrogens is 4. The fourth-order valence-corrected chi connectivity index (χ4v) is 3.09. The highest BCUT2D eigenvalue weighted by atomic mass is 35.5. The molecule has 0 aliphatic heterocycles. The molecule has 0 aliphatic rings. The standard InChI is InChI=1S/C20H13ClF4N6O/c21-13-2-1-3-14(22)16(13)17-29-15-8-9-27-31(15)19(30-17)28-12-6-4-11(5-7-12)18(32)26-10-20(23,24)25/h1-9H,10H2,(H,26,32)(H,28,29,30). The number of alkyl halides is 3. The maximum absolute atomic E-state index is 14.4. The number of carbonyl (C=O) groups is 1. The number of hydrogen-bond acceptors (Lipinski definition) is 5. The summed E-state index contributed by atoms with van der Waals surface area (Å²) in [6.07, 6.45) is -3.02. The average Bonchev–Trinajstić information content (AvgIpc) is 3.21. The van der Waals surface area contributed by atoms with Crippen LogP contribution in [-0.2, 0) is 0 Å². The number of anilines is 2. The SMILES string of the molecule is O=C(NCC(F)(F)F)c1ccc(Nc2nc(-c3c(F)cccc3Cl)nc3ccnn23)cc1. The molecule has 0 unspecified atom stereocenters. The van der Waals surface area contributed by atoms with Gasteiger partial charge in [-0.3, -0.25) is 4.79 Å². The van der Waals surface area contributed by atoms with Crippen LogP contribution in [0.3, 0.4) is 0 Å². The number of fused-ring (bicyclic) bond motifs is 1. The third-order valence-corrected chi connectivity index (χ3v) is 4.61. The molecule has 0 atom stereocenters. The van der Waals surface area contributed by atoms with Gasteiger partial charge < -0.3 is 10.6 Å². The van der Waals surface area contributed by atoms with E-state index < -0.39 is 24.4 Å². The van der Waals surface area contributed by atoms with E-state index in [0.29, 0.717) is 11.3 Å². The van der Waals surface area contributed by atoms with E-state index in [1.807, 2.05) is 0 Å². The van der Waals surface area contributed by atoms with Gasteiger partial charge in [-0.25, -0.2) is 9.37 Å². The molecule has 2 heterocycles. The molecule has 0 radical (unpaired) electrons. The summed E-state index contributed by atoms with van der Waals surface area (Å²) in [5, 5.41) is 9.03. The summed E-state index contributed by atoms with van der Waals surface area (Å²) in [5.74, 6) is -1.24. The second-order valence-electron chi connectivity index (χ2n) is 6.57. The Morgan fingerprint density at radius 3 is 2.50 bits per heavy atom. The molecule has 0 spiro atoms. The molecule has 2 aromatic heterocycles. The van der Waals surface area contributed by atoms with Gasteiger partial charge in [0.15, 0.2) is 11.5 Å². The molecule has 2 aromatic carbocycles. The molecule has 2 N–H and O–H groups in total. The van der Waals surface area contributed by atoms with E-state index in [1.165, 1.54) is 53.2 Å². The summed E-state index contributed by atoms with van der Waals surface area (Å²) in [5.41, 5.74) is 0.904. The Labute approximate surface area is 183 Å². The second-order valence-corrected chi connectivity index (χ2v) is 6.98. The van der Waals surface area contributed by atoms with Gasteiger partial charge in [0, 0.05) is 17.3 Å². The summed E-state index contributed by atoms with van der Waals surface area (Å²) in [6, 6.07) is 11.5. The maximum Gasteiger partial charge on any atom is 0.405 e. The van der Waals surface area contributed by atoms with Crippen LogP contribution >= 0.6 is 11.6 Å². The van der Waals surface area contributed by atoms with E-state index in [9.17, 15) is 22.4 Å². The van der Waals surface area contributed by atoms with Crippen LogP contribution in [0.25, 0.3) is 17.0 Å². The zero-order chi connectivity index (χ0) is 22.9. The van der Waals surface area contributed by atoms with E-state index >= 15 is 0 Å². The third-order valence-electron chi connectivity index (χ3n) is 4.29. The lowest BCUT2D eigenvalue weighted by atomic mass is 10.2. The number of rotatable bonds is 5. The molecule has 4 rings (SSSR count). The predicted molar refractivity (Wildman–Crippen MR) is 109 cm³/mol. The highest BCUT2D eigenvalue weighted by molar-refractivity contribution is 6.33. The van der Waals surface area contributed by atoms with Crippen molar-refractivity contribution < 1.29 is 22.4 Å². The van der Waals surface area contributed by atoms with Crippen LogP contribution in [0.15, 0.2) is 54.7 Å². The molecule has 0 saturated carbocycles. The Morgan fingerprint density at radius 1 is 1.06 bits per heavy atom. The molecule has 4 aromatic rings. The fourth-order valence-electron chi connectivity index (χ4n) is 2.85. The number of carbonyl (C=O) groups excluding carboxylic acids is 1. The van der Waals surface area contributed by atoms with Gasteiger partial charge >= 0.3 is 6.18 Å². The van der Waals surface area contributed by atoms with Gasteiger partial charge in [0.2, 0.25) is 5.95 Å². The first-order valence-electron chi connectivity index (χ1n) is 9.09. The van der Waals surface area contributed by atoms with Crippen LogP contribution in [0.4, 0.5) is 29.2 Å². The number of benzene rings is 2. The van der Waals surface area contributed by atoms with E-state index in [0.717, 1.165) is 0 Å². The topological polar surface area (TPSA) is 84.2 Å². The number of nitrogens with one attached hydrogen (secondary N) is 2. The first-order valence-corrected chi connectivity index (χ1v) is 9.47. The molecular formula is C20H13ClF4N6O. The highest BCUT2D eigenvalue weighted by Gasteiger charge is 2.27. The largest absolute Gasteiger partial charge is 0.405 e. The van der Waals surface area contributed by atoms with E-state index in [4.69, 9.17) is 11.6 Å². The number of hydrogen-bond donors (Lipinski definition) is 2. The van der Waals surface area contributed by atoms with Crippen molar-refractivity contribution in [3.05, 3.63) is 71.1 Å². The van der Waals surface area contributed by atoms with Crippen molar-refractivity contribution in [2.75, 3.05) is 11.9 Å². The average molecular weight is 465 g/mol. The van der Waals surface area contributed by atoms with Crippen molar-refractivity contribution in [2.45, 2.75) is 6.18 Å². The van der Waals surface area contributed by atoms with Crippen LogP contribution < -0.4 is 10.6 Å². The van der Waals surface area contributed by atoms with Crippen molar-refractivity contribution in [1.29, 1.82) is 0 Å². The van der Waals surface area contributed by atoms with Crippen molar-refractivity contribution >= 4 is 34.8 Å². The van der Waals surface area contributed by atoms with E-state index in [2.05, 4.69) is 20.4 Å². The normalized spacial score (nSPS) is 11.5. The quantitative estimate of drug-likeness (QED) is 0.421. The first-order chi connectivity index (χ1) is 15.2. The second kappa shape index (κ2) is 8.42. The summed E-state index contributed by atoms with van der Waals surface area (Å²) in [4.78, 5) is 20.5. The summed E-state index contributed by atoms with van der Waals surface area (Å²) < 4.78 is 52.5. The van der Waals surface area contributed by atoms with E-state index in [-0.39, 0.29) is 27.9 Å². The zero-order valence-corrected chi connectivity index (χ0v) is 16.7. The molecule has 7 nitrogen and oxygen atoms in total. The van der Waals surface area contributed by atoms with Crippen LogP contribution in [0.1, 0.15) is 10.4 Å². The monoisotopic (exact) mass is 464 g/mol. The van der Waals surface area contributed by atoms with Crippen LogP contribution in [0.5, 0.6) is 0 Å². The van der Waals surface area contributed by atoms with Gasteiger partial charge in [-0.1, -0.05) is 17.7 Å². The number of nitrogens with zero attached hydrogens (tertiary/aromatic N) is 4. The van der Waals surface area contributed by atoms with Crippen molar-refractivity contribution in [1.82, 2.24) is 24.9 Å². The van der Waals surface area contributed by atoms with Gasteiger partial charge in [0.25, 0.3) is 5.91 Å². The molecule has 0 aliphatic carbocycles. The van der Waals surface area contributed by atoms with Gasteiger partial charge in [-0.05, 0) is 36.4 Å². The lowest BCUT2D eigenvalue weighted by Gasteiger charge is -2.11. The molecule has 32 heavy (non-hydrogen) atoms. The fraction of sp³-hybridized carbons (Fsp3) is 0.100. The lowest BCUT2D eigenvalue weighted by Crippen LogP contribution is -2.33. The molecule has 0 saturated heterocycles. The number of amides is 1. The summed E-state index contributed by atoms with van der Waals surface area (Å²) in [6.45, 7) is -1.43. The van der Waals surface area contributed by atoms with Crippen molar-refractivity contribution in [3.63, 3.8) is 0 Å². The van der Waals surface area contributed by atoms with Gasteiger partial charge in [0.05, 0.1) is 16.8 Å². The summed E-state index contributed by atoms with van der Waals surface area (Å²) in [7, 11) is 0. The molecule has 12 heteroatoms. The van der Waals surface area contributed by atoms with Crippen molar-refractivity contribution in [3.8, 4) is 11.4 Å². The minimum absolute atomic E-state index is 0.0256. The van der Waals surface area contributed by atoms with Crippen LogP contribution in [-0.4, -0.2) is 38.2 Å². The molecular weight excluding hydrogens is 452 g/mol. The first kappa shape index (κ1) is 21.5. The summed E-state index contributed by atoms with van der Waals surface area (Å²) >= 11 is 6.13. The van der Waals surface area contributed by atoms with Crippen LogP contribution in [0.2, 0.25) is 5.02 Å². The molecule has 164 valence electrons.